The summed E-state index contributed by atoms with van der Waals surface area (Å²) in [4.78, 5) is 1.55. The first-order chi connectivity index (χ1) is 7.75. The molecule has 0 saturated heterocycles. The van der Waals surface area contributed by atoms with Crippen molar-refractivity contribution in [1.82, 2.24) is 0 Å². The SMILES string of the molecule is O=S([O-])c1ccc(SC2CCCCC2)cc1. The Labute approximate surface area is 103 Å². The van der Waals surface area contributed by atoms with Crippen LogP contribution in [0.5, 0.6) is 0 Å². The van der Waals surface area contributed by atoms with Gasteiger partial charge in [0.15, 0.2) is 0 Å². The maximum atomic E-state index is 10.7. The van der Waals surface area contributed by atoms with Crippen LogP contribution in [0.2, 0.25) is 0 Å². The Balaban J connectivity index is 1.96. The van der Waals surface area contributed by atoms with E-state index in [2.05, 4.69) is 0 Å². The summed E-state index contributed by atoms with van der Waals surface area (Å²) in [7, 11) is 0. The molecule has 1 saturated carbocycles. The number of benzene rings is 1. The van der Waals surface area contributed by atoms with Crippen molar-refractivity contribution in [2.75, 3.05) is 0 Å². The molecule has 0 aliphatic heterocycles. The van der Waals surface area contributed by atoms with Gasteiger partial charge in [-0.3, -0.25) is 4.21 Å². The van der Waals surface area contributed by atoms with Gasteiger partial charge in [0.2, 0.25) is 0 Å². The van der Waals surface area contributed by atoms with E-state index >= 15 is 0 Å². The molecule has 2 nitrogen and oxygen atoms in total. The summed E-state index contributed by atoms with van der Waals surface area (Å²) in [5, 5.41) is 0.720. The van der Waals surface area contributed by atoms with Crippen molar-refractivity contribution < 1.29 is 8.76 Å². The second kappa shape index (κ2) is 5.84. The Morgan fingerprint density at radius 1 is 1.12 bits per heavy atom. The third kappa shape index (κ3) is 3.34. The van der Waals surface area contributed by atoms with Gasteiger partial charge in [-0.25, -0.2) is 0 Å². The number of rotatable bonds is 3. The Hall–Kier alpha value is -0.320. The Kier molecular flexibility index (Phi) is 4.44. The summed E-state index contributed by atoms with van der Waals surface area (Å²) in [6.07, 6.45) is 6.62. The molecule has 0 N–H and O–H groups in total. The molecule has 0 bridgehead atoms. The highest BCUT2D eigenvalue weighted by molar-refractivity contribution is 8.00. The molecule has 1 aromatic carbocycles. The van der Waals surface area contributed by atoms with E-state index in [1.54, 1.807) is 12.1 Å². The zero-order chi connectivity index (χ0) is 11.4. The summed E-state index contributed by atoms with van der Waals surface area (Å²) >= 11 is -0.219. The van der Waals surface area contributed by atoms with Gasteiger partial charge in [-0.2, -0.15) is 0 Å². The highest BCUT2D eigenvalue weighted by atomic mass is 32.2. The lowest BCUT2D eigenvalue weighted by Crippen LogP contribution is -2.07. The van der Waals surface area contributed by atoms with Crippen molar-refractivity contribution in [1.29, 1.82) is 0 Å². The first-order valence-corrected chi connectivity index (χ1v) is 7.57. The van der Waals surface area contributed by atoms with E-state index in [1.165, 1.54) is 37.0 Å². The second-order valence-corrected chi connectivity index (χ2v) is 6.40. The van der Waals surface area contributed by atoms with Gasteiger partial charge in [0.1, 0.15) is 0 Å². The molecule has 1 aliphatic rings. The zero-order valence-electron chi connectivity index (χ0n) is 9.06. The fraction of sp³-hybridized carbons (Fsp3) is 0.500. The summed E-state index contributed by atoms with van der Waals surface area (Å²) in [5.74, 6) is 0. The standard InChI is InChI=1S/C12H16O2S2/c13-16(14)12-8-6-11(7-9-12)15-10-4-2-1-3-5-10/h6-10H,1-5H2,(H,13,14)/p-1. The lowest BCUT2D eigenvalue weighted by Gasteiger charge is -2.21. The van der Waals surface area contributed by atoms with Crippen molar-refractivity contribution in [2.45, 2.75) is 47.1 Å². The van der Waals surface area contributed by atoms with E-state index < -0.39 is 11.1 Å². The third-order valence-electron chi connectivity index (χ3n) is 2.87. The van der Waals surface area contributed by atoms with Gasteiger partial charge in [0.25, 0.3) is 0 Å². The van der Waals surface area contributed by atoms with Crippen molar-refractivity contribution >= 4 is 22.8 Å². The molecule has 1 fully saturated rings. The van der Waals surface area contributed by atoms with Crippen LogP contribution < -0.4 is 0 Å². The zero-order valence-corrected chi connectivity index (χ0v) is 10.7. The van der Waals surface area contributed by atoms with Gasteiger partial charge < -0.3 is 4.55 Å². The maximum Gasteiger partial charge on any atom is 0.0249 e. The minimum atomic E-state index is -2.10. The van der Waals surface area contributed by atoms with Crippen LogP contribution in [0.1, 0.15) is 32.1 Å². The maximum absolute atomic E-state index is 10.7. The van der Waals surface area contributed by atoms with Gasteiger partial charge in [-0.1, -0.05) is 19.3 Å². The van der Waals surface area contributed by atoms with Crippen LogP contribution in [0, 0.1) is 0 Å². The van der Waals surface area contributed by atoms with Crippen molar-refractivity contribution in [2.24, 2.45) is 0 Å². The van der Waals surface area contributed by atoms with Crippen LogP contribution in [0.15, 0.2) is 34.1 Å². The average Bonchev–Trinajstić information content (AvgIpc) is 2.31. The molecule has 0 aromatic heterocycles. The van der Waals surface area contributed by atoms with Gasteiger partial charge in [0.05, 0.1) is 0 Å². The van der Waals surface area contributed by atoms with E-state index in [0.717, 1.165) is 5.25 Å². The summed E-state index contributed by atoms with van der Waals surface area (Å²) in [5.41, 5.74) is 0. The highest BCUT2D eigenvalue weighted by Crippen LogP contribution is 2.33. The van der Waals surface area contributed by atoms with Crippen LogP contribution >= 0.6 is 11.8 Å². The second-order valence-electron chi connectivity index (χ2n) is 4.08. The molecule has 88 valence electrons. The van der Waals surface area contributed by atoms with Crippen LogP contribution in [-0.4, -0.2) is 14.0 Å². The van der Waals surface area contributed by atoms with E-state index in [1.807, 2.05) is 23.9 Å². The molecule has 1 aromatic rings. The van der Waals surface area contributed by atoms with Gasteiger partial charge in [-0.05, 0) is 48.2 Å². The van der Waals surface area contributed by atoms with Crippen LogP contribution in [0.3, 0.4) is 0 Å². The van der Waals surface area contributed by atoms with Crippen molar-refractivity contribution in [3.8, 4) is 0 Å². The smallest absolute Gasteiger partial charge is 0.0249 e. The summed E-state index contributed by atoms with van der Waals surface area (Å²) in [6.45, 7) is 0. The van der Waals surface area contributed by atoms with E-state index in [9.17, 15) is 8.76 Å². The van der Waals surface area contributed by atoms with Crippen LogP contribution in [0.4, 0.5) is 0 Å². The van der Waals surface area contributed by atoms with Crippen LogP contribution in [0.25, 0.3) is 0 Å². The molecular formula is C12H15O2S2-. The third-order valence-corrected chi connectivity index (χ3v) is 4.88. The van der Waals surface area contributed by atoms with E-state index in [4.69, 9.17) is 0 Å². The first-order valence-electron chi connectivity index (χ1n) is 5.62. The number of thioether (sulfide) groups is 1. The van der Waals surface area contributed by atoms with E-state index in [-0.39, 0.29) is 0 Å². The molecule has 1 atom stereocenters. The quantitative estimate of drug-likeness (QED) is 0.778. The Morgan fingerprint density at radius 3 is 2.31 bits per heavy atom. The monoisotopic (exact) mass is 255 g/mol. The number of hydrogen-bond acceptors (Lipinski definition) is 3. The fourth-order valence-electron chi connectivity index (χ4n) is 2.00. The lowest BCUT2D eigenvalue weighted by atomic mass is 10.0. The first kappa shape index (κ1) is 12.1. The van der Waals surface area contributed by atoms with Crippen molar-refractivity contribution in [3.63, 3.8) is 0 Å². The molecule has 4 heteroatoms. The van der Waals surface area contributed by atoms with Gasteiger partial charge in [0, 0.05) is 15.0 Å². The molecule has 0 amide bonds. The molecule has 0 heterocycles. The fourth-order valence-corrected chi connectivity index (χ4v) is 3.61. The molecule has 2 rings (SSSR count). The molecule has 16 heavy (non-hydrogen) atoms. The normalized spacial score (nSPS) is 19.6. The largest absolute Gasteiger partial charge is 0.768 e. The Morgan fingerprint density at radius 2 is 1.75 bits per heavy atom. The van der Waals surface area contributed by atoms with Gasteiger partial charge in [-0.15, -0.1) is 11.8 Å². The number of hydrogen-bond donors (Lipinski definition) is 0. The predicted molar refractivity (Wildman–Crippen MR) is 66.4 cm³/mol. The lowest BCUT2D eigenvalue weighted by molar-refractivity contribution is 0.516. The highest BCUT2D eigenvalue weighted by Gasteiger charge is 2.14. The molecular weight excluding hydrogens is 240 g/mol. The summed E-state index contributed by atoms with van der Waals surface area (Å²) in [6, 6.07) is 7.16. The molecule has 1 unspecified atom stereocenters. The Bertz CT molecular complexity index is 356. The minimum absolute atomic E-state index is 0.369. The molecule has 0 spiro atoms. The average molecular weight is 255 g/mol. The molecule has 0 radical (unpaired) electrons. The van der Waals surface area contributed by atoms with Gasteiger partial charge >= 0.3 is 0 Å². The van der Waals surface area contributed by atoms with Crippen LogP contribution in [-0.2, 0) is 11.1 Å². The molecule has 1 aliphatic carbocycles. The minimum Gasteiger partial charge on any atom is -0.768 e. The van der Waals surface area contributed by atoms with Crippen molar-refractivity contribution in [3.05, 3.63) is 24.3 Å². The summed E-state index contributed by atoms with van der Waals surface area (Å²) < 4.78 is 21.4. The topological polar surface area (TPSA) is 40.1 Å². The van der Waals surface area contributed by atoms with E-state index in [0.29, 0.717) is 4.90 Å². The predicted octanol–water partition coefficient (Wildman–Crippen LogP) is 3.35.